The van der Waals surface area contributed by atoms with Gasteiger partial charge in [0.15, 0.2) is 17.3 Å². The van der Waals surface area contributed by atoms with Crippen LogP contribution in [0.1, 0.15) is 47.8 Å². The molecule has 0 atom stereocenters. The van der Waals surface area contributed by atoms with Gasteiger partial charge in [0.1, 0.15) is 0 Å². The van der Waals surface area contributed by atoms with Crippen molar-refractivity contribution >= 4 is 49.7 Å². The molecule has 0 aliphatic rings. The van der Waals surface area contributed by atoms with Gasteiger partial charge in [-0.1, -0.05) is 115 Å². The van der Waals surface area contributed by atoms with Crippen LogP contribution in [-0.2, 0) is 0 Å². The molecule has 0 unspecified atom stereocenters. The highest BCUT2D eigenvalue weighted by molar-refractivity contribution is 6.30. The number of fused-ring (bicyclic) bond motifs is 3. The monoisotopic (exact) mass is 540 g/mol. The zero-order chi connectivity index (χ0) is 28.6. The molecule has 0 aliphatic carbocycles. The van der Waals surface area contributed by atoms with E-state index in [1.54, 1.807) is 78.9 Å². The summed E-state index contributed by atoms with van der Waals surface area (Å²) in [4.78, 5) is 42.9. The maximum absolute atomic E-state index is 14.4. The second-order valence-corrected chi connectivity index (χ2v) is 10.4. The van der Waals surface area contributed by atoms with Crippen molar-refractivity contribution in [1.82, 2.24) is 0 Å². The summed E-state index contributed by atoms with van der Waals surface area (Å²) < 4.78 is 0. The fourth-order valence-corrected chi connectivity index (χ4v) is 5.71. The van der Waals surface area contributed by atoms with Crippen molar-refractivity contribution in [3.63, 3.8) is 0 Å². The third-order valence-electron chi connectivity index (χ3n) is 7.77. The van der Waals surface area contributed by atoms with E-state index in [0.717, 1.165) is 26.9 Å². The molecule has 0 radical (unpaired) electrons. The first-order valence-electron chi connectivity index (χ1n) is 13.8. The minimum Gasteiger partial charge on any atom is -0.289 e. The zero-order valence-electron chi connectivity index (χ0n) is 22.6. The SMILES string of the molecule is O=C(c1ccccc1)c1cc2cc3cc4ccccc4cc3cc2c(C(=O)c2ccccc2)c1C(=O)c1ccccc1. The lowest BCUT2D eigenvalue weighted by Crippen LogP contribution is -2.18. The molecule has 198 valence electrons. The number of rotatable bonds is 6. The molecular weight excluding hydrogens is 516 g/mol. The van der Waals surface area contributed by atoms with Crippen LogP contribution in [0.3, 0.4) is 0 Å². The van der Waals surface area contributed by atoms with Crippen LogP contribution < -0.4 is 0 Å². The topological polar surface area (TPSA) is 51.2 Å². The molecule has 0 fully saturated rings. The Balaban J connectivity index is 1.62. The number of hydrogen-bond acceptors (Lipinski definition) is 3. The molecular formula is C39H24O3. The summed E-state index contributed by atoms with van der Waals surface area (Å²) >= 11 is 0. The van der Waals surface area contributed by atoms with Crippen LogP contribution in [0.15, 0.2) is 146 Å². The molecule has 42 heavy (non-hydrogen) atoms. The van der Waals surface area contributed by atoms with E-state index in [0.29, 0.717) is 22.1 Å². The Kier molecular flexibility index (Phi) is 6.26. The van der Waals surface area contributed by atoms with Gasteiger partial charge in [-0.15, -0.1) is 0 Å². The second kappa shape index (κ2) is 10.4. The summed E-state index contributed by atoms with van der Waals surface area (Å²) in [6.07, 6.45) is 0. The van der Waals surface area contributed by atoms with Gasteiger partial charge in [-0.3, -0.25) is 14.4 Å². The molecule has 0 N–H and O–H groups in total. The van der Waals surface area contributed by atoms with E-state index in [1.165, 1.54) is 0 Å². The van der Waals surface area contributed by atoms with E-state index in [-0.39, 0.29) is 34.0 Å². The molecule has 0 bridgehead atoms. The first-order chi connectivity index (χ1) is 20.6. The molecule has 3 heteroatoms. The Bertz CT molecular complexity index is 2160. The first-order valence-corrected chi connectivity index (χ1v) is 13.8. The van der Waals surface area contributed by atoms with Gasteiger partial charge in [-0.05, 0) is 62.6 Å². The van der Waals surface area contributed by atoms with Gasteiger partial charge in [0.2, 0.25) is 0 Å². The highest BCUT2D eigenvalue weighted by Crippen LogP contribution is 2.35. The highest BCUT2D eigenvalue weighted by Gasteiger charge is 2.29. The van der Waals surface area contributed by atoms with Gasteiger partial charge in [0.05, 0.1) is 0 Å². The van der Waals surface area contributed by atoms with Crippen LogP contribution in [-0.4, -0.2) is 17.3 Å². The largest absolute Gasteiger partial charge is 0.289 e. The second-order valence-electron chi connectivity index (χ2n) is 10.4. The summed E-state index contributed by atoms with van der Waals surface area (Å²) in [6, 6.07) is 44.7. The molecule has 0 saturated heterocycles. The molecule has 0 saturated carbocycles. The third-order valence-corrected chi connectivity index (χ3v) is 7.77. The summed E-state index contributed by atoms with van der Waals surface area (Å²) in [5.41, 5.74) is 1.88. The fraction of sp³-hybridized carbons (Fsp3) is 0. The summed E-state index contributed by atoms with van der Waals surface area (Å²) in [5, 5.41) is 5.47. The molecule has 0 amide bonds. The maximum atomic E-state index is 14.4. The predicted molar refractivity (Wildman–Crippen MR) is 169 cm³/mol. The summed E-state index contributed by atoms with van der Waals surface area (Å²) in [6.45, 7) is 0. The maximum Gasteiger partial charge on any atom is 0.194 e. The zero-order valence-corrected chi connectivity index (χ0v) is 22.6. The molecule has 0 heterocycles. The van der Waals surface area contributed by atoms with Crippen molar-refractivity contribution in [3.05, 3.63) is 179 Å². The summed E-state index contributed by atoms with van der Waals surface area (Å²) in [5.74, 6) is -0.977. The lowest BCUT2D eigenvalue weighted by molar-refractivity contribution is 0.0992. The average molecular weight is 541 g/mol. The molecule has 7 aromatic rings. The number of benzene rings is 7. The Hall–Kier alpha value is -5.67. The van der Waals surface area contributed by atoms with Crippen LogP contribution in [0.2, 0.25) is 0 Å². The third kappa shape index (κ3) is 4.38. The number of ketones is 3. The minimum absolute atomic E-state index is 0.122. The highest BCUT2D eigenvalue weighted by atomic mass is 16.1. The van der Waals surface area contributed by atoms with E-state index in [4.69, 9.17) is 0 Å². The van der Waals surface area contributed by atoms with Crippen molar-refractivity contribution in [1.29, 1.82) is 0 Å². The van der Waals surface area contributed by atoms with Crippen LogP contribution >= 0.6 is 0 Å². The van der Waals surface area contributed by atoms with Gasteiger partial charge in [0.25, 0.3) is 0 Å². The average Bonchev–Trinajstić information content (AvgIpc) is 3.05. The Morgan fingerprint density at radius 3 is 1.26 bits per heavy atom. The van der Waals surface area contributed by atoms with Crippen molar-refractivity contribution in [2.24, 2.45) is 0 Å². The van der Waals surface area contributed by atoms with Gasteiger partial charge < -0.3 is 0 Å². The van der Waals surface area contributed by atoms with E-state index < -0.39 is 0 Å². The van der Waals surface area contributed by atoms with E-state index in [2.05, 4.69) is 24.3 Å². The molecule has 7 rings (SSSR count). The predicted octanol–water partition coefficient (Wildman–Crippen LogP) is 8.84. The van der Waals surface area contributed by atoms with Crippen LogP contribution in [0.25, 0.3) is 32.3 Å². The molecule has 0 spiro atoms. The first kappa shape index (κ1) is 25.3. The standard InChI is InChI=1S/C39H24O3/c40-37(25-12-4-1-5-13-25)34-24-32-22-30-20-28-18-10-11-19-29(28)21-31(30)23-33(32)35(38(41)26-14-6-2-7-15-26)36(34)39(42)27-16-8-3-9-17-27/h1-24H. The van der Waals surface area contributed by atoms with Gasteiger partial charge in [-0.2, -0.15) is 0 Å². The number of carbonyl (C=O) groups excluding carboxylic acids is 3. The quantitative estimate of drug-likeness (QED) is 0.156. The normalized spacial score (nSPS) is 11.1. The molecule has 0 aromatic heterocycles. The van der Waals surface area contributed by atoms with Crippen LogP contribution in [0.5, 0.6) is 0 Å². The molecule has 0 aliphatic heterocycles. The van der Waals surface area contributed by atoms with E-state index in [9.17, 15) is 14.4 Å². The summed E-state index contributed by atoms with van der Waals surface area (Å²) in [7, 11) is 0. The van der Waals surface area contributed by atoms with Crippen molar-refractivity contribution < 1.29 is 14.4 Å². The Morgan fingerprint density at radius 1 is 0.333 bits per heavy atom. The van der Waals surface area contributed by atoms with E-state index in [1.807, 2.05) is 42.5 Å². The van der Waals surface area contributed by atoms with Gasteiger partial charge in [0, 0.05) is 33.4 Å². The smallest absolute Gasteiger partial charge is 0.194 e. The Morgan fingerprint density at radius 2 is 0.738 bits per heavy atom. The van der Waals surface area contributed by atoms with Crippen molar-refractivity contribution in [3.8, 4) is 0 Å². The lowest BCUT2D eigenvalue weighted by Gasteiger charge is -2.18. The lowest BCUT2D eigenvalue weighted by atomic mass is 9.82. The molecule has 3 nitrogen and oxygen atoms in total. The van der Waals surface area contributed by atoms with Crippen LogP contribution in [0, 0.1) is 0 Å². The number of hydrogen-bond donors (Lipinski definition) is 0. The van der Waals surface area contributed by atoms with Gasteiger partial charge >= 0.3 is 0 Å². The van der Waals surface area contributed by atoms with E-state index >= 15 is 0 Å². The molecule has 7 aromatic carbocycles. The van der Waals surface area contributed by atoms with Crippen molar-refractivity contribution in [2.75, 3.05) is 0 Å². The fourth-order valence-electron chi connectivity index (χ4n) is 5.71. The van der Waals surface area contributed by atoms with Crippen molar-refractivity contribution in [2.45, 2.75) is 0 Å². The van der Waals surface area contributed by atoms with Gasteiger partial charge in [-0.25, -0.2) is 0 Å². The number of carbonyl (C=O) groups is 3. The minimum atomic E-state index is -0.366. The van der Waals surface area contributed by atoms with Crippen LogP contribution in [0.4, 0.5) is 0 Å². The Labute approximate surface area is 242 Å².